The Bertz CT molecular complexity index is 787. The Morgan fingerprint density at radius 2 is 2.10 bits per heavy atom. The van der Waals surface area contributed by atoms with Crippen LogP contribution < -0.4 is 5.32 Å². The predicted octanol–water partition coefficient (Wildman–Crippen LogP) is 3.33. The molecule has 1 aromatic carbocycles. The third-order valence-electron chi connectivity index (χ3n) is 2.55. The zero-order valence-corrected chi connectivity index (χ0v) is 11.2. The first-order valence-corrected chi connectivity index (χ1v) is 6.65. The second-order valence-electron chi connectivity index (χ2n) is 3.97. The largest absolute Gasteiger partial charge is 0.402 e. The van der Waals surface area contributed by atoms with Gasteiger partial charge in [-0.05, 0) is 23.6 Å². The first kappa shape index (κ1) is 13.4. The second-order valence-corrected chi connectivity index (χ2v) is 4.92. The van der Waals surface area contributed by atoms with E-state index in [4.69, 9.17) is 4.42 Å². The van der Waals surface area contributed by atoms with Crippen LogP contribution in [0, 0.1) is 11.6 Å². The summed E-state index contributed by atoms with van der Waals surface area (Å²) < 4.78 is 31.5. The maximum absolute atomic E-state index is 13.5. The van der Waals surface area contributed by atoms with Crippen molar-refractivity contribution in [1.82, 2.24) is 10.2 Å². The van der Waals surface area contributed by atoms with Gasteiger partial charge in [0.15, 0.2) is 0 Å². The maximum atomic E-state index is 13.5. The summed E-state index contributed by atoms with van der Waals surface area (Å²) in [5.74, 6) is -2.28. The minimum atomic E-state index is -0.967. The van der Waals surface area contributed by atoms with Gasteiger partial charge in [-0.15, -0.1) is 16.4 Å². The first-order chi connectivity index (χ1) is 10.1. The van der Waals surface area contributed by atoms with Crippen molar-refractivity contribution in [3.05, 3.63) is 52.9 Å². The highest BCUT2D eigenvalue weighted by Gasteiger charge is 2.16. The van der Waals surface area contributed by atoms with Crippen molar-refractivity contribution < 1.29 is 18.0 Å². The molecule has 1 amide bonds. The molecule has 0 radical (unpaired) electrons. The lowest BCUT2D eigenvalue weighted by Gasteiger charge is -2.01. The van der Waals surface area contributed by atoms with Crippen LogP contribution >= 0.6 is 11.3 Å². The van der Waals surface area contributed by atoms with Crippen LogP contribution in [0.15, 0.2) is 40.1 Å². The van der Waals surface area contributed by atoms with Crippen molar-refractivity contribution in [3.8, 4) is 10.8 Å². The lowest BCUT2D eigenvalue weighted by atomic mass is 10.2. The van der Waals surface area contributed by atoms with E-state index in [0.717, 1.165) is 17.0 Å². The van der Waals surface area contributed by atoms with Crippen LogP contribution in [0.3, 0.4) is 0 Å². The number of anilines is 1. The average molecular weight is 307 g/mol. The number of hydrogen-bond acceptors (Lipinski definition) is 5. The van der Waals surface area contributed by atoms with E-state index in [2.05, 4.69) is 15.5 Å². The smallest absolute Gasteiger partial charge is 0.322 e. The molecule has 0 spiro atoms. The van der Waals surface area contributed by atoms with Gasteiger partial charge in [-0.1, -0.05) is 11.2 Å². The first-order valence-electron chi connectivity index (χ1n) is 5.77. The SMILES string of the molecule is O=C(Nc1nnc(-c2cccs2)o1)c1ccc(F)cc1F. The number of carbonyl (C=O) groups is 1. The third kappa shape index (κ3) is 2.79. The van der Waals surface area contributed by atoms with E-state index in [1.165, 1.54) is 11.3 Å². The molecule has 0 fully saturated rings. The quantitative estimate of drug-likeness (QED) is 0.806. The Morgan fingerprint density at radius 1 is 1.24 bits per heavy atom. The van der Waals surface area contributed by atoms with Crippen LogP contribution in [-0.4, -0.2) is 16.1 Å². The monoisotopic (exact) mass is 307 g/mol. The molecule has 5 nitrogen and oxygen atoms in total. The fraction of sp³-hybridized carbons (Fsp3) is 0. The van der Waals surface area contributed by atoms with E-state index in [1.54, 1.807) is 6.07 Å². The summed E-state index contributed by atoms with van der Waals surface area (Å²) in [5.41, 5.74) is -0.313. The molecule has 0 bridgehead atoms. The molecule has 3 rings (SSSR count). The molecular formula is C13H7F2N3O2S. The Morgan fingerprint density at radius 3 is 2.81 bits per heavy atom. The number of nitrogens with zero attached hydrogens (tertiary/aromatic N) is 2. The van der Waals surface area contributed by atoms with E-state index in [-0.39, 0.29) is 17.5 Å². The Hall–Kier alpha value is -2.61. The summed E-state index contributed by atoms with van der Waals surface area (Å²) in [4.78, 5) is 12.6. The highest BCUT2D eigenvalue weighted by Crippen LogP contribution is 2.24. The number of rotatable bonds is 3. The van der Waals surface area contributed by atoms with Gasteiger partial charge in [0.1, 0.15) is 11.6 Å². The van der Waals surface area contributed by atoms with E-state index >= 15 is 0 Å². The third-order valence-corrected chi connectivity index (χ3v) is 3.41. The highest BCUT2D eigenvalue weighted by atomic mass is 32.1. The number of thiophene rings is 1. The lowest BCUT2D eigenvalue weighted by Crippen LogP contribution is -2.14. The number of benzene rings is 1. The fourth-order valence-electron chi connectivity index (χ4n) is 1.61. The molecule has 3 aromatic rings. The molecular weight excluding hydrogens is 300 g/mol. The summed E-state index contributed by atoms with van der Waals surface area (Å²) in [6.07, 6.45) is 0. The van der Waals surface area contributed by atoms with Crippen molar-refractivity contribution >= 4 is 23.3 Å². The molecule has 2 aromatic heterocycles. The minimum Gasteiger partial charge on any atom is -0.402 e. The molecule has 0 saturated heterocycles. The number of aromatic nitrogens is 2. The van der Waals surface area contributed by atoms with Crippen LogP contribution in [0.1, 0.15) is 10.4 Å². The van der Waals surface area contributed by atoms with Crippen molar-refractivity contribution in [2.24, 2.45) is 0 Å². The number of nitrogens with one attached hydrogen (secondary N) is 1. The average Bonchev–Trinajstić information content (AvgIpc) is 3.08. The topological polar surface area (TPSA) is 68.0 Å². The summed E-state index contributed by atoms with van der Waals surface area (Å²) in [5, 5.41) is 11.5. The van der Waals surface area contributed by atoms with Crippen LogP contribution in [0.5, 0.6) is 0 Å². The van der Waals surface area contributed by atoms with Gasteiger partial charge in [-0.25, -0.2) is 8.78 Å². The van der Waals surface area contributed by atoms with Gasteiger partial charge < -0.3 is 4.42 Å². The molecule has 0 aliphatic rings. The van der Waals surface area contributed by atoms with Gasteiger partial charge in [0, 0.05) is 6.07 Å². The van der Waals surface area contributed by atoms with Gasteiger partial charge in [0.2, 0.25) is 0 Å². The van der Waals surface area contributed by atoms with Crippen LogP contribution in [0.25, 0.3) is 10.8 Å². The molecule has 0 aliphatic carbocycles. The van der Waals surface area contributed by atoms with Crippen LogP contribution in [-0.2, 0) is 0 Å². The molecule has 0 aliphatic heterocycles. The summed E-state index contributed by atoms with van der Waals surface area (Å²) in [6.45, 7) is 0. The molecule has 2 heterocycles. The van der Waals surface area contributed by atoms with E-state index in [0.29, 0.717) is 6.07 Å². The van der Waals surface area contributed by atoms with E-state index in [9.17, 15) is 13.6 Å². The zero-order chi connectivity index (χ0) is 14.8. The molecule has 8 heteroatoms. The van der Waals surface area contributed by atoms with E-state index in [1.807, 2.05) is 11.4 Å². The van der Waals surface area contributed by atoms with Crippen molar-refractivity contribution in [2.75, 3.05) is 5.32 Å². The van der Waals surface area contributed by atoms with Crippen molar-refractivity contribution in [2.45, 2.75) is 0 Å². The molecule has 21 heavy (non-hydrogen) atoms. The molecule has 106 valence electrons. The van der Waals surface area contributed by atoms with Crippen molar-refractivity contribution in [1.29, 1.82) is 0 Å². The van der Waals surface area contributed by atoms with Gasteiger partial charge in [0.05, 0.1) is 10.4 Å². The number of carbonyl (C=O) groups excluding carboxylic acids is 1. The van der Waals surface area contributed by atoms with Gasteiger partial charge in [-0.3, -0.25) is 10.1 Å². The Kier molecular flexibility index (Phi) is 3.44. The molecule has 0 atom stereocenters. The van der Waals surface area contributed by atoms with E-state index < -0.39 is 17.5 Å². The molecule has 0 saturated carbocycles. The second kappa shape index (κ2) is 5.41. The summed E-state index contributed by atoms with van der Waals surface area (Å²) >= 11 is 1.40. The van der Waals surface area contributed by atoms with Gasteiger partial charge >= 0.3 is 6.01 Å². The number of hydrogen-bond donors (Lipinski definition) is 1. The molecule has 0 unspecified atom stereocenters. The fourth-order valence-corrected chi connectivity index (χ4v) is 2.26. The van der Waals surface area contributed by atoms with Gasteiger partial charge in [-0.2, -0.15) is 0 Å². The zero-order valence-electron chi connectivity index (χ0n) is 10.3. The van der Waals surface area contributed by atoms with Crippen LogP contribution in [0.4, 0.5) is 14.8 Å². The van der Waals surface area contributed by atoms with Crippen LogP contribution in [0.2, 0.25) is 0 Å². The lowest BCUT2D eigenvalue weighted by molar-refractivity contribution is 0.102. The normalized spacial score (nSPS) is 10.6. The minimum absolute atomic E-state index is 0.160. The number of amides is 1. The Balaban J connectivity index is 1.79. The summed E-state index contributed by atoms with van der Waals surface area (Å²) in [7, 11) is 0. The van der Waals surface area contributed by atoms with Gasteiger partial charge in [0.25, 0.3) is 11.8 Å². The standard InChI is InChI=1S/C13H7F2N3O2S/c14-7-3-4-8(9(15)6-7)11(19)16-13-18-17-12(20-13)10-2-1-5-21-10/h1-6H,(H,16,18,19). The maximum Gasteiger partial charge on any atom is 0.322 e. The molecule has 1 N–H and O–H groups in total. The highest BCUT2D eigenvalue weighted by molar-refractivity contribution is 7.13. The number of halogens is 2. The predicted molar refractivity (Wildman–Crippen MR) is 71.9 cm³/mol. The summed E-state index contributed by atoms with van der Waals surface area (Å²) in [6, 6.07) is 6.09. The Labute approximate surface area is 121 Å². The van der Waals surface area contributed by atoms with Crippen molar-refractivity contribution in [3.63, 3.8) is 0 Å².